The first kappa shape index (κ1) is 18.6. The maximum Gasteiger partial charge on any atom is 0.0912 e. The summed E-state index contributed by atoms with van der Waals surface area (Å²) < 4.78 is -0.313. The van der Waals surface area contributed by atoms with Crippen LogP contribution in [0.3, 0.4) is 0 Å². The van der Waals surface area contributed by atoms with Crippen molar-refractivity contribution in [3.8, 4) is 0 Å². The SMILES string of the molecule is O/N=C1/C=CC(SC(c2ccccc2)(c2ccccc2)c2ccccc2)CC1. The molecular formula is C25H23NOS. The highest BCUT2D eigenvalue weighted by atomic mass is 32.2. The number of nitrogens with zero attached hydrogens (tertiary/aromatic N) is 1. The van der Waals surface area contributed by atoms with Crippen molar-refractivity contribution in [2.24, 2.45) is 5.16 Å². The largest absolute Gasteiger partial charge is 0.411 e. The second-order valence-electron chi connectivity index (χ2n) is 6.92. The van der Waals surface area contributed by atoms with Crippen LogP contribution in [0.5, 0.6) is 0 Å². The molecule has 0 saturated carbocycles. The summed E-state index contributed by atoms with van der Waals surface area (Å²) in [6.45, 7) is 0. The van der Waals surface area contributed by atoms with Gasteiger partial charge in [-0.2, -0.15) is 0 Å². The first-order chi connectivity index (χ1) is 13.8. The van der Waals surface area contributed by atoms with Gasteiger partial charge in [-0.3, -0.25) is 0 Å². The zero-order valence-electron chi connectivity index (χ0n) is 15.6. The molecule has 0 heterocycles. The normalized spacial score (nSPS) is 18.3. The van der Waals surface area contributed by atoms with E-state index in [4.69, 9.17) is 5.21 Å². The Bertz CT molecular complexity index is 855. The second-order valence-corrected chi connectivity index (χ2v) is 8.38. The molecule has 0 spiro atoms. The van der Waals surface area contributed by atoms with Crippen LogP contribution in [0.2, 0.25) is 0 Å². The van der Waals surface area contributed by atoms with Crippen LogP contribution in [0.4, 0.5) is 0 Å². The third-order valence-electron chi connectivity index (χ3n) is 5.19. The summed E-state index contributed by atoms with van der Waals surface area (Å²) in [7, 11) is 0. The Labute approximate surface area is 170 Å². The van der Waals surface area contributed by atoms with E-state index >= 15 is 0 Å². The molecule has 0 bridgehead atoms. The zero-order chi connectivity index (χ0) is 19.2. The molecule has 1 aliphatic carbocycles. The molecule has 0 radical (unpaired) electrons. The molecule has 28 heavy (non-hydrogen) atoms. The Kier molecular flexibility index (Phi) is 5.63. The zero-order valence-corrected chi connectivity index (χ0v) is 16.4. The number of thioether (sulfide) groups is 1. The number of oxime groups is 1. The van der Waals surface area contributed by atoms with Crippen molar-refractivity contribution >= 4 is 17.5 Å². The molecule has 0 aromatic heterocycles. The van der Waals surface area contributed by atoms with Gasteiger partial charge in [-0.15, -0.1) is 11.8 Å². The molecule has 0 amide bonds. The summed E-state index contributed by atoms with van der Waals surface area (Å²) >= 11 is 1.96. The average molecular weight is 386 g/mol. The summed E-state index contributed by atoms with van der Waals surface area (Å²) in [5, 5.41) is 12.8. The minimum Gasteiger partial charge on any atom is -0.411 e. The smallest absolute Gasteiger partial charge is 0.0912 e. The molecule has 1 unspecified atom stereocenters. The molecule has 3 heteroatoms. The molecule has 1 atom stereocenters. The molecule has 0 aliphatic heterocycles. The van der Waals surface area contributed by atoms with Crippen LogP contribution in [0.25, 0.3) is 0 Å². The van der Waals surface area contributed by atoms with Gasteiger partial charge in [0.2, 0.25) is 0 Å². The van der Waals surface area contributed by atoms with Gasteiger partial charge in [0.25, 0.3) is 0 Å². The summed E-state index contributed by atoms with van der Waals surface area (Å²) in [6.07, 6.45) is 5.87. The Balaban J connectivity index is 1.89. The molecule has 4 rings (SSSR count). The van der Waals surface area contributed by atoms with E-state index in [0.717, 1.165) is 18.6 Å². The van der Waals surface area contributed by atoms with Gasteiger partial charge in [0.15, 0.2) is 0 Å². The molecule has 0 fully saturated rings. The lowest BCUT2D eigenvalue weighted by Gasteiger charge is -2.38. The number of hydrogen-bond donors (Lipinski definition) is 1. The average Bonchev–Trinajstić information content (AvgIpc) is 2.80. The van der Waals surface area contributed by atoms with E-state index in [-0.39, 0.29) is 4.75 Å². The van der Waals surface area contributed by atoms with Crippen molar-refractivity contribution in [3.05, 3.63) is 120 Å². The first-order valence-corrected chi connectivity index (χ1v) is 10.4. The fourth-order valence-electron chi connectivity index (χ4n) is 3.82. The van der Waals surface area contributed by atoms with Gasteiger partial charge in [0.1, 0.15) is 0 Å². The molecular weight excluding hydrogens is 362 g/mol. The van der Waals surface area contributed by atoms with Crippen LogP contribution in [0.1, 0.15) is 29.5 Å². The molecule has 140 valence electrons. The van der Waals surface area contributed by atoms with Crippen LogP contribution in [-0.4, -0.2) is 16.2 Å². The summed E-state index contributed by atoms with van der Waals surface area (Å²) in [4.78, 5) is 0. The Morgan fingerprint density at radius 1 is 0.750 bits per heavy atom. The van der Waals surface area contributed by atoms with Gasteiger partial charge < -0.3 is 5.21 Å². The quantitative estimate of drug-likeness (QED) is 0.319. The van der Waals surface area contributed by atoms with Crippen molar-refractivity contribution in [1.82, 2.24) is 0 Å². The molecule has 1 N–H and O–H groups in total. The lowest BCUT2D eigenvalue weighted by molar-refractivity contribution is 0.318. The lowest BCUT2D eigenvalue weighted by atomic mass is 9.84. The number of rotatable bonds is 5. The van der Waals surface area contributed by atoms with Gasteiger partial charge in [-0.25, -0.2) is 0 Å². The van der Waals surface area contributed by atoms with E-state index in [1.165, 1.54) is 16.7 Å². The lowest BCUT2D eigenvalue weighted by Crippen LogP contribution is -2.29. The minimum atomic E-state index is -0.313. The molecule has 3 aromatic rings. The predicted octanol–water partition coefficient (Wildman–Crippen LogP) is 6.26. The van der Waals surface area contributed by atoms with Crippen LogP contribution in [-0.2, 0) is 4.75 Å². The van der Waals surface area contributed by atoms with Gasteiger partial charge in [0, 0.05) is 5.25 Å². The summed E-state index contributed by atoms with van der Waals surface area (Å²) in [6, 6.07) is 32.2. The van der Waals surface area contributed by atoms with Crippen molar-refractivity contribution in [2.75, 3.05) is 0 Å². The highest BCUT2D eigenvalue weighted by Crippen LogP contribution is 2.51. The number of benzene rings is 3. The molecule has 1 aliphatic rings. The third kappa shape index (κ3) is 3.63. The van der Waals surface area contributed by atoms with Crippen molar-refractivity contribution in [2.45, 2.75) is 22.8 Å². The van der Waals surface area contributed by atoms with Crippen molar-refractivity contribution in [1.29, 1.82) is 0 Å². The second kappa shape index (κ2) is 8.49. The third-order valence-corrected chi connectivity index (χ3v) is 6.94. The van der Waals surface area contributed by atoms with Crippen molar-refractivity contribution < 1.29 is 5.21 Å². The highest BCUT2D eigenvalue weighted by molar-refractivity contribution is 8.01. The van der Waals surface area contributed by atoms with Crippen LogP contribution in [0, 0.1) is 0 Å². The Morgan fingerprint density at radius 3 is 1.57 bits per heavy atom. The van der Waals surface area contributed by atoms with E-state index < -0.39 is 0 Å². The van der Waals surface area contributed by atoms with Gasteiger partial charge in [-0.1, -0.05) is 102 Å². The topological polar surface area (TPSA) is 32.6 Å². The summed E-state index contributed by atoms with van der Waals surface area (Å²) in [5.74, 6) is 0. The minimum absolute atomic E-state index is 0.313. The van der Waals surface area contributed by atoms with E-state index in [0.29, 0.717) is 5.25 Å². The van der Waals surface area contributed by atoms with Crippen LogP contribution < -0.4 is 0 Å². The van der Waals surface area contributed by atoms with Crippen molar-refractivity contribution in [3.63, 3.8) is 0 Å². The molecule has 0 saturated heterocycles. The fraction of sp³-hybridized carbons (Fsp3) is 0.160. The van der Waals surface area contributed by atoms with Gasteiger partial charge in [-0.05, 0) is 35.6 Å². The van der Waals surface area contributed by atoms with Gasteiger partial charge >= 0.3 is 0 Å². The maximum absolute atomic E-state index is 9.07. The molecule has 3 aromatic carbocycles. The first-order valence-electron chi connectivity index (χ1n) is 9.56. The standard InChI is InChI=1S/C25H23NOS/c27-26-23-16-18-24(19-17-23)28-25(20-10-4-1-5-11-20,21-12-6-2-7-13-21)22-14-8-3-9-15-22/h1-16,18,24,27H,17,19H2/b26-23-. The maximum atomic E-state index is 9.07. The van der Waals surface area contributed by atoms with Crippen LogP contribution >= 0.6 is 11.8 Å². The number of hydrogen-bond acceptors (Lipinski definition) is 3. The Morgan fingerprint density at radius 2 is 1.21 bits per heavy atom. The molecule has 2 nitrogen and oxygen atoms in total. The van der Waals surface area contributed by atoms with E-state index in [2.05, 4.69) is 102 Å². The fourth-order valence-corrected chi connectivity index (χ4v) is 5.48. The van der Waals surface area contributed by atoms with E-state index in [1.807, 2.05) is 17.8 Å². The van der Waals surface area contributed by atoms with E-state index in [1.54, 1.807) is 0 Å². The summed E-state index contributed by atoms with van der Waals surface area (Å²) in [5.41, 5.74) is 4.56. The van der Waals surface area contributed by atoms with E-state index in [9.17, 15) is 0 Å². The number of allylic oxidation sites excluding steroid dienone is 1. The monoisotopic (exact) mass is 385 g/mol. The van der Waals surface area contributed by atoms with Crippen LogP contribution in [0.15, 0.2) is 108 Å². The predicted molar refractivity (Wildman–Crippen MR) is 118 cm³/mol. The Hall–Kier alpha value is -2.78. The van der Waals surface area contributed by atoms with Gasteiger partial charge in [0.05, 0.1) is 10.5 Å². The highest BCUT2D eigenvalue weighted by Gasteiger charge is 2.39.